The number of rotatable bonds is 6. The minimum atomic E-state index is -3.96. The molecule has 1 atom stereocenters. The predicted molar refractivity (Wildman–Crippen MR) is 120 cm³/mol. The Hall–Kier alpha value is -3.39. The minimum absolute atomic E-state index is 0.181. The highest BCUT2D eigenvalue weighted by atomic mass is 32.2. The molecule has 1 aliphatic heterocycles. The Morgan fingerprint density at radius 1 is 0.969 bits per heavy atom. The van der Waals surface area contributed by atoms with E-state index in [-0.39, 0.29) is 4.90 Å². The lowest BCUT2D eigenvalue weighted by Gasteiger charge is -2.24. The molecule has 0 saturated carbocycles. The number of aryl methyl sites for hydroxylation is 1. The standard InChI is InChI=1S/C24H23FN2O4S/c1-16-6-4-5-7-24(16)32(28,29)27-23(17-8-10-19(25)11-9-17)15-22(26-27)18-12-20(30-2)14-21(13-18)31-3/h4-14,23H,15H2,1-3H3/t23-/m1/s1. The molecule has 0 saturated heterocycles. The second-order valence-corrected chi connectivity index (χ2v) is 9.23. The van der Waals surface area contributed by atoms with Crippen LogP contribution in [0.1, 0.15) is 29.2 Å². The van der Waals surface area contributed by atoms with Crippen LogP contribution in [0.25, 0.3) is 0 Å². The largest absolute Gasteiger partial charge is 0.497 e. The molecule has 6 nitrogen and oxygen atoms in total. The first-order valence-corrected chi connectivity index (χ1v) is 11.4. The zero-order valence-corrected chi connectivity index (χ0v) is 18.8. The molecule has 4 rings (SSSR count). The predicted octanol–water partition coefficient (Wildman–Crippen LogP) is 4.69. The molecule has 3 aromatic rings. The second kappa shape index (κ2) is 8.63. The lowest BCUT2D eigenvalue weighted by Crippen LogP contribution is -2.28. The molecular formula is C24H23FN2O4S. The van der Waals surface area contributed by atoms with Gasteiger partial charge in [0.2, 0.25) is 0 Å². The molecule has 166 valence electrons. The first-order chi connectivity index (χ1) is 15.3. The van der Waals surface area contributed by atoms with Crippen LogP contribution in [-0.2, 0) is 10.0 Å². The molecule has 0 unspecified atom stereocenters. The molecule has 1 aliphatic rings. The third-order valence-electron chi connectivity index (χ3n) is 5.43. The van der Waals surface area contributed by atoms with Crippen molar-refractivity contribution < 1.29 is 22.3 Å². The van der Waals surface area contributed by atoms with Gasteiger partial charge in [0.05, 0.1) is 30.9 Å². The minimum Gasteiger partial charge on any atom is -0.497 e. The highest BCUT2D eigenvalue weighted by Gasteiger charge is 2.38. The van der Waals surface area contributed by atoms with Crippen molar-refractivity contribution in [2.24, 2.45) is 5.10 Å². The number of benzene rings is 3. The Balaban J connectivity index is 1.84. The Kier molecular flexibility index (Phi) is 5.88. The third-order valence-corrected chi connectivity index (χ3v) is 7.27. The SMILES string of the molecule is COc1cc(OC)cc(C2=NN(S(=O)(=O)c3ccccc3C)[C@@H](c3ccc(F)cc3)C2)c1. The number of methoxy groups -OCH3 is 2. The van der Waals surface area contributed by atoms with Gasteiger partial charge in [0.15, 0.2) is 0 Å². The number of sulfonamides is 1. The van der Waals surface area contributed by atoms with Crippen LogP contribution < -0.4 is 9.47 Å². The summed E-state index contributed by atoms with van der Waals surface area (Å²) in [5.74, 6) is 0.750. The molecule has 8 heteroatoms. The molecule has 0 fully saturated rings. The van der Waals surface area contributed by atoms with E-state index in [0.717, 1.165) is 4.41 Å². The second-order valence-electron chi connectivity index (χ2n) is 7.46. The Morgan fingerprint density at radius 2 is 1.59 bits per heavy atom. The number of halogens is 1. The van der Waals surface area contributed by atoms with E-state index in [4.69, 9.17) is 9.47 Å². The summed E-state index contributed by atoms with van der Waals surface area (Å²) in [5, 5.41) is 4.54. The van der Waals surface area contributed by atoms with Crippen molar-refractivity contribution in [3.05, 3.63) is 89.2 Å². The summed E-state index contributed by atoms with van der Waals surface area (Å²) in [7, 11) is -0.866. The molecule has 3 aromatic carbocycles. The Morgan fingerprint density at radius 3 is 2.19 bits per heavy atom. The Bertz CT molecular complexity index is 1250. The first-order valence-electron chi connectivity index (χ1n) is 10.00. The van der Waals surface area contributed by atoms with Crippen molar-refractivity contribution in [3.63, 3.8) is 0 Å². The number of nitrogens with zero attached hydrogens (tertiary/aromatic N) is 2. The fraction of sp³-hybridized carbons (Fsp3) is 0.208. The molecular weight excluding hydrogens is 431 g/mol. The molecule has 32 heavy (non-hydrogen) atoms. The monoisotopic (exact) mass is 454 g/mol. The summed E-state index contributed by atoms with van der Waals surface area (Å²) in [6.07, 6.45) is 0.313. The van der Waals surface area contributed by atoms with Crippen LogP contribution in [0.5, 0.6) is 11.5 Å². The van der Waals surface area contributed by atoms with Crippen LogP contribution in [0.2, 0.25) is 0 Å². The fourth-order valence-electron chi connectivity index (χ4n) is 3.74. The van der Waals surface area contributed by atoms with Gasteiger partial charge in [0.1, 0.15) is 17.3 Å². The van der Waals surface area contributed by atoms with Gasteiger partial charge in [-0.3, -0.25) is 0 Å². The molecule has 0 amide bonds. The molecule has 0 radical (unpaired) electrons. The van der Waals surface area contributed by atoms with Gasteiger partial charge in [-0.25, -0.2) is 4.39 Å². The lowest BCUT2D eigenvalue weighted by atomic mass is 9.99. The number of hydrogen-bond acceptors (Lipinski definition) is 5. The topological polar surface area (TPSA) is 68.2 Å². The maximum absolute atomic E-state index is 13.6. The summed E-state index contributed by atoms with van der Waals surface area (Å²) >= 11 is 0. The fourth-order valence-corrected chi connectivity index (χ4v) is 5.40. The van der Waals surface area contributed by atoms with E-state index in [1.807, 2.05) is 0 Å². The van der Waals surface area contributed by atoms with Crippen LogP contribution in [0.4, 0.5) is 4.39 Å². The zero-order valence-electron chi connectivity index (χ0n) is 17.9. The Labute approximate surface area is 187 Å². The highest BCUT2D eigenvalue weighted by molar-refractivity contribution is 7.89. The van der Waals surface area contributed by atoms with E-state index in [0.29, 0.717) is 40.3 Å². The van der Waals surface area contributed by atoms with Gasteiger partial charge in [-0.05, 0) is 48.4 Å². The van der Waals surface area contributed by atoms with Gasteiger partial charge in [0, 0.05) is 18.1 Å². The molecule has 0 spiro atoms. The lowest BCUT2D eigenvalue weighted by molar-refractivity contribution is 0.371. The molecule has 0 N–H and O–H groups in total. The van der Waals surface area contributed by atoms with E-state index >= 15 is 0 Å². The van der Waals surface area contributed by atoms with Gasteiger partial charge in [0.25, 0.3) is 10.0 Å². The number of ether oxygens (including phenoxy) is 2. The average Bonchev–Trinajstić information content (AvgIpc) is 3.26. The number of hydrazone groups is 1. The van der Waals surface area contributed by atoms with E-state index < -0.39 is 21.9 Å². The van der Waals surface area contributed by atoms with Crippen LogP contribution in [0.3, 0.4) is 0 Å². The van der Waals surface area contributed by atoms with Crippen LogP contribution in [-0.4, -0.2) is 32.8 Å². The van der Waals surface area contributed by atoms with Gasteiger partial charge < -0.3 is 9.47 Å². The summed E-state index contributed by atoms with van der Waals surface area (Å²) in [4.78, 5) is 0.181. The molecule has 0 aliphatic carbocycles. The summed E-state index contributed by atoms with van der Waals surface area (Å²) in [5.41, 5.74) is 2.53. The number of hydrogen-bond donors (Lipinski definition) is 0. The van der Waals surface area contributed by atoms with Crippen molar-refractivity contribution in [1.29, 1.82) is 0 Å². The van der Waals surface area contributed by atoms with Gasteiger partial charge in [-0.2, -0.15) is 17.9 Å². The zero-order chi connectivity index (χ0) is 22.9. The van der Waals surface area contributed by atoms with Gasteiger partial charge in [-0.15, -0.1) is 0 Å². The van der Waals surface area contributed by atoms with E-state index in [2.05, 4.69) is 5.10 Å². The average molecular weight is 455 g/mol. The van der Waals surface area contributed by atoms with Crippen molar-refractivity contribution in [2.75, 3.05) is 14.2 Å². The van der Waals surface area contributed by atoms with Crippen molar-refractivity contribution >= 4 is 15.7 Å². The van der Waals surface area contributed by atoms with Gasteiger partial charge in [-0.1, -0.05) is 30.3 Å². The summed E-state index contributed by atoms with van der Waals surface area (Å²) in [6, 6.07) is 17.3. The van der Waals surface area contributed by atoms with E-state index in [1.54, 1.807) is 75.7 Å². The summed E-state index contributed by atoms with van der Waals surface area (Å²) < 4.78 is 52.6. The van der Waals surface area contributed by atoms with Crippen molar-refractivity contribution in [2.45, 2.75) is 24.3 Å². The van der Waals surface area contributed by atoms with Crippen molar-refractivity contribution in [3.8, 4) is 11.5 Å². The maximum atomic E-state index is 13.6. The summed E-state index contributed by atoms with van der Waals surface area (Å²) in [6.45, 7) is 1.74. The highest BCUT2D eigenvalue weighted by Crippen LogP contribution is 2.38. The molecule has 0 aromatic heterocycles. The van der Waals surface area contributed by atoms with Crippen LogP contribution >= 0.6 is 0 Å². The quantitative estimate of drug-likeness (QED) is 0.542. The first kappa shape index (κ1) is 21.8. The van der Waals surface area contributed by atoms with E-state index in [1.165, 1.54) is 12.1 Å². The smallest absolute Gasteiger partial charge is 0.279 e. The van der Waals surface area contributed by atoms with Crippen molar-refractivity contribution in [1.82, 2.24) is 4.41 Å². The molecule has 1 heterocycles. The van der Waals surface area contributed by atoms with E-state index in [9.17, 15) is 12.8 Å². The molecule has 0 bridgehead atoms. The van der Waals surface area contributed by atoms with Gasteiger partial charge >= 0.3 is 0 Å². The van der Waals surface area contributed by atoms with Crippen LogP contribution in [0, 0.1) is 12.7 Å². The van der Waals surface area contributed by atoms with Crippen LogP contribution in [0.15, 0.2) is 76.7 Å². The maximum Gasteiger partial charge on any atom is 0.279 e. The normalized spacial score (nSPS) is 16.1. The third kappa shape index (κ3) is 4.05.